The van der Waals surface area contributed by atoms with Gasteiger partial charge in [0, 0.05) is 17.7 Å². The number of halogens is 2. The maximum Gasteiger partial charge on any atom is 0.325 e. The predicted molar refractivity (Wildman–Crippen MR) is 66.8 cm³/mol. The van der Waals surface area contributed by atoms with E-state index in [1.165, 1.54) is 6.07 Å². The quantitative estimate of drug-likeness (QED) is 0.917. The van der Waals surface area contributed by atoms with E-state index in [1.54, 1.807) is 4.90 Å². The summed E-state index contributed by atoms with van der Waals surface area (Å²) in [5.41, 5.74) is 0.0302. The lowest BCUT2D eigenvalue weighted by Gasteiger charge is -2.37. The van der Waals surface area contributed by atoms with Gasteiger partial charge in [-0.1, -0.05) is 12.5 Å². The van der Waals surface area contributed by atoms with Crippen molar-refractivity contribution >= 4 is 5.97 Å². The monoisotopic (exact) mass is 269 g/mol. The van der Waals surface area contributed by atoms with E-state index >= 15 is 0 Å². The van der Waals surface area contributed by atoms with Gasteiger partial charge in [-0.3, -0.25) is 9.69 Å². The van der Waals surface area contributed by atoms with Gasteiger partial charge in [-0.25, -0.2) is 8.78 Å². The van der Waals surface area contributed by atoms with Gasteiger partial charge in [-0.15, -0.1) is 0 Å². The SMILES string of the molecule is CC1CCCCN1C(C(=O)O)c1ccc(F)cc1F. The number of nitrogens with zero attached hydrogens (tertiary/aromatic N) is 1. The van der Waals surface area contributed by atoms with Gasteiger partial charge in [0.15, 0.2) is 0 Å². The molecule has 1 aliphatic rings. The number of carbonyl (C=O) groups is 1. The van der Waals surface area contributed by atoms with Crippen LogP contribution in [0.5, 0.6) is 0 Å². The van der Waals surface area contributed by atoms with Crippen molar-refractivity contribution in [2.24, 2.45) is 0 Å². The number of rotatable bonds is 3. The van der Waals surface area contributed by atoms with Gasteiger partial charge in [0.1, 0.15) is 17.7 Å². The Balaban J connectivity index is 2.36. The molecule has 1 fully saturated rings. The molecule has 0 bridgehead atoms. The van der Waals surface area contributed by atoms with Crippen molar-refractivity contribution in [3.63, 3.8) is 0 Å². The summed E-state index contributed by atoms with van der Waals surface area (Å²) in [5.74, 6) is -2.60. The molecule has 19 heavy (non-hydrogen) atoms. The van der Waals surface area contributed by atoms with Crippen molar-refractivity contribution in [2.45, 2.75) is 38.3 Å². The Morgan fingerprint density at radius 1 is 1.42 bits per heavy atom. The predicted octanol–water partition coefficient (Wildman–Crippen LogP) is 2.96. The zero-order valence-corrected chi connectivity index (χ0v) is 10.8. The normalized spacial score (nSPS) is 22.2. The lowest BCUT2D eigenvalue weighted by atomic mass is 9.97. The molecule has 0 spiro atoms. The van der Waals surface area contributed by atoms with Crippen LogP contribution in [0.25, 0.3) is 0 Å². The van der Waals surface area contributed by atoms with Gasteiger partial charge in [0.25, 0.3) is 0 Å². The van der Waals surface area contributed by atoms with Crippen LogP contribution in [-0.2, 0) is 4.79 Å². The van der Waals surface area contributed by atoms with E-state index in [1.807, 2.05) is 6.92 Å². The van der Waals surface area contributed by atoms with E-state index in [0.717, 1.165) is 31.4 Å². The number of likely N-dealkylation sites (tertiary alicyclic amines) is 1. The van der Waals surface area contributed by atoms with Crippen molar-refractivity contribution < 1.29 is 18.7 Å². The van der Waals surface area contributed by atoms with Crippen molar-refractivity contribution in [1.29, 1.82) is 0 Å². The third-order valence-electron chi connectivity index (χ3n) is 3.68. The van der Waals surface area contributed by atoms with Gasteiger partial charge in [0.2, 0.25) is 0 Å². The third-order valence-corrected chi connectivity index (χ3v) is 3.68. The van der Waals surface area contributed by atoms with Crippen LogP contribution in [0.15, 0.2) is 18.2 Å². The molecule has 1 N–H and O–H groups in total. The largest absolute Gasteiger partial charge is 0.480 e. The first-order valence-corrected chi connectivity index (χ1v) is 6.44. The molecule has 104 valence electrons. The molecule has 0 amide bonds. The van der Waals surface area contributed by atoms with Crippen LogP contribution in [-0.4, -0.2) is 28.6 Å². The molecule has 0 radical (unpaired) electrons. The second-order valence-electron chi connectivity index (χ2n) is 4.99. The molecule has 1 saturated heterocycles. The lowest BCUT2D eigenvalue weighted by Crippen LogP contribution is -2.43. The van der Waals surface area contributed by atoms with Gasteiger partial charge >= 0.3 is 5.97 Å². The van der Waals surface area contributed by atoms with Crippen molar-refractivity contribution in [3.05, 3.63) is 35.4 Å². The Morgan fingerprint density at radius 2 is 2.16 bits per heavy atom. The van der Waals surface area contributed by atoms with E-state index in [-0.39, 0.29) is 11.6 Å². The Kier molecular flexibility index (Phi) is 4.14. The molecule has 3 nitrogen and oxygen atoms in total. The second kappa shape index (κ2) is 5.65. The minimum atomic E-state index is -1.10. The molecule has 1 aromatic rings. The van der Waals surface area contributed by atoms with Crippen molar-refractivity contribution in [2.75, 3.05) is 6.54 Å². The summed E-state index contributed by atoms with van der Waals surface area (Å²) in [4.78, 5) is 13.3. The van der Waals surface area contributed by atoms with Crippen LogP contribution < -0.4 is 0 Å². The number of piperidine rings is 1. The Morgan fingerprint density at radius 3 is 2.74 bits per heavy atom. The molecule has 1 heterocycles. The summed E-state index contributed by atoms with van der Waals surface area (Å²) in [5, 5.41) is 9.39. The van der Waals surface area contributed by atoms with E-state index in [0.29, 0.717) is 6.54 Å². The smallest absolute Gasteiger partial charge is 0.325 e. The first kappa shape index (κ1) is 13.9. The number of carboxylic acid groups (broad SMARTS) is 1. The lowest BCUT2D eigenvalue weighted by molar-refractivity contribution is -0.145. The summed E-state index contributed by atoms with van der Waals surface area (Å²) in [6.07, 6.45) is 2.85. The number of benzene rings is 1. The van der Waals surface area contributed by atoms with Crippen LogP contribution in [0.4, 0.5) is 8.78 Å². The molecule has 2 unspecified atom stereocenters. The fourth-order valence-corrected chi connectivity index (χ4v) is 2.68. The summed E-state index contributed by atoms with van der Waals surface area (Å²) < 4.78 is 26.7. The van der Waals surface area contributed by atoms with Gasteiger partial charge in [-0.2, -0.15) is 0 Å². The standard InChI is InChI=1S/C14H17F2NO2/c1-9-4-2-3-7-17(9)13(14(18)19)11-6-5-10(15)8-12(11)16/h5-6,8-9,13H,2-4,7H2,1H3,(H,18,19). The Labute approximate surface area is 110 Å². The van der Waals surface area contributed by atoms with E-state index in [4.69, 9.17) is 0 Å². The van der Waals surface area contributed by atoms with E-state index in [9.17, 15) is 18.7 Å². The summed E-state index contributed by atoms with van der Waals surface area (Å²) in [7, 11) is 0. The fraction of sp³-hybridized carbons (Fsp3) is 0.500. The number of hydrogen-bond donors (Lipinski definition) is 1. The van der Waals surface area contributed by atoms with Gasteiger partial charge < -0.3 is 5.11 Å². The van der Waals surface area contributed by atoms with Crippen LogP contribution in [0.1, 0.15) is 37.8 Å². The molecule has 1 aromatic carbocycles. The van der Waals surface area contributed by atoms with Crippen LogP contribution >= 0.6 is 0 Å². The topological polar surface area (TPSA) is 40.5 Å². The number of hydrogen-bond acceptors (Lipinski definition) is 2. The minimum Gasteiger partial charge on any atom is -0.480 e. The zero-order chi connectivity index (χ0) is 14.0. The van der Waals surface area contributed by atoms with Gasteiger partial charge in [-0.05, 0) is 32.4 Å². The molecular formula is C14H17F2NO2. The van der Waals surface area contributed by atoms with E-state index < -0.39 is 23.6 Å². The number of carboxylic acids is 1. The maximum atomic E-state index is 13.8. The average Bonchev–Trinajstić information content (AvgIpc) is 2.34. The Bertz CT molecular complexity index is 479. The molecule has 2 atom stereocenters. The first-order valence-electron chi connectivity index (χ1n) is 6.44. The first-order chi connectivity index (χ1) is 9.00. The highest BCUT2D eigenvalue weighted by Crippen LogP contribution is 2.30. The van der Waals surface area contributed by atoms with Crippen LogP contribution in [0.3, 0.4) is 0 Å². The van der Waals surface area contributed by atoms with Crippen LogP contribution in [0, 0.1) is 11.6 Å². The van der Waals surface area contributed by atoms with Crippen molar-refractivity contribution in [3.8, 4) is 0 Å². The molecule has 5 heteroatoms. The molecule has 0 aliphatic carbocycles. The zero-order valence-electron chi connectivity index (χ0n) is 10.8. The van der Waals surface area contributed by atoms with E-state index in [2.05, 4.69) is 0 Å². The summed E-state index contributed by atoms with van der Waals surface area (Å²) in [6.45, 7) is 2.56. The molecule has 0 aromatic heterocycles. The maximum absolute atomic E-state index is 13.8. The molecular weight excluding hydrogens is 252 g/mol. The van der Waals surface area contributed by atoms with Gasteiger partial charge in [0.05, 0.1) is 0 Å². The highest BCUT2D eigenvalue weighted by Gasteiger charge is 2.34. The second-order valence-corrected chi connectivity index (χ2v) is 4.99. The van der Waals surface area contributed by atoms with Crippen molar-refractivity contribution in [1.82, 2.24) is 4.90 Å². The highest BCUT2D eigenvalue weighted by atomic mass is 19.1. The highest BCUT2D eigenvalue weighted by molar-refractivity contribution is 5.75. The molecule has 1 aliphatic heterocycles. The third kappa shape index (κ3) is 2.92. The molecule has 0 saturated carbocycles. The molecule has 2 rings (SSSR count). The fourth-order valence-electron chi connectivity index (χ4n) is 2.68. The summed E-state index contributed by atoms with van der Waals surface area (Å²) >= 11 is 0. The summed E-state index contributed by atoms with van der Waals surface area (Å²) in [6, 6.07) is 2.10. The minimum absolute atomic E-state index is 0.0302. The average molecular weight is 269 g/mol. The van der Waals surface area contributed by atoms with Crippen LogP contribution in [0.2, 0.25) is 0 Å². The Hall–Kier alpha value is -1.49. The number of aliphatic carboxylic acids is 1.